The van der Waals surface area contributed by atoms with Crippen molar-refractivity contribution in [1.29, 1.82) is 0 Å². The van der Waals surface area contributed by atoms with E-state index in [1.165, 1.54) is 5.56 Å². The molecule has 0 spiro atoms. The van der Waals surface area contributed by atoms with Gasteiger partial charge in [-0.05, 0) is 43.0 Å². The number of nitrogens with zero attached hydrogens (tertiary/aromatic N) is 1. The van der Waals surface area contributed by atoms with Crippen LogP contribution < -0.4 is 15.8 Å². The van der Waals surface area contributed by atoms with Crippen LogP contribution in [0, 0.1) is 0 Å². The highest BCUT2D eigenvalue weighted by molar-refractivity contribution is 5.94. The molecule has 0 bridgehead atoms. The number of amides is 1. The van der Waals surface area contributed by atoms with Gasteiger partial charge in [0.1, 0.15) is 11.9 Å². The summed E-state index contributed by atoms with van der Waals surface area (Å²) in [6.07, 6.45) is 3.56. The highest BCUT2D eigenvalue weighted by Crippen LogP contribution is 2.23. The second-order valence-corrected chi connectivity index (χ2v) is 6.04. The summed E-state index contributed by atoms with van der Waals surface area (Å²) >= 11 is 0. The number of hydrogen-bond donors (Lipinski definition) is 2. The minimum Gasteiger partial charge on any atom is -0.439 e. The normalized spacial score (nSPS) is 19.6. The molecular weight excluding hydrogens is 318 g/mol. The van der Waals surface area contributed by atoms with Crippen LogP contribution in [0.15, 0.2) is 42.6 Å². The SMILES string of the molecule is CCc1cccc(Oc2ccc(NC(=O)[C@@H]3CC[C@H](CN)O3)cn2)c1. The average Bonchev–Trinajstić information content (AvgIpc) is 3.13. The van der Waals surface area contributed by atoms with E-state index in [9.17, 15) is 4.79 Å². The largest absolute Gasteiger partial charge is 0.439 e. The first-order valence-corrected chi connectivity index (χ1v) is 8.57. The molecule has 2 heterocycles. The van der Waals surface area contributed by atoms with Crippen molar-refractivity contribution < 1.29 is 14.3 Å². The van der Waals surface area contributed by atoms with Gasteiger partial charge in [0.15, 0.2) is 0 Å². The van der Waals surface area contributed by atoms with Gasteiger partial charge >= 0.3 is 0 Å². The Bertz CT molecular complexity index is 718. The number of aryl methyl sites for hydroxylation is 1. The molecule has 0 radical (unpaired) electrons. The third kappa shape index (κ3) is 4.55. The summed E-state index contributed by atoms with van der Waals surface area (Å²) in [6, 6.07) is 11.4. The topological polar surface area (TPSA) is 86.5 Å². The summed E-state index contributed by atoms with van der Waals surface area (Å²) in [5, 5.41) is 2.82. The van der Waals surface area contributed by atoms with Crippen LogP contribution >= 0.6 is 0 Å². The molecule has 2 atom stereocenters. The van der Waals surface area contributed by atoms with E-state index in [-0.39, 0.29) is 12.0 Å². The lowest BCUT2D eigenvalue weighted by Gasteiger charge is -2.13. The number of nitrogens with two attached hydrogens (primary N) is 1. The predicted molar refractivity (Wildman–Crippen MR) is 95.7 cm³/mol. The van der Waals surface area contributed by atoms with Gasteiger partial charge < -0.3 is 20.5 Å². The van der Waals surface area contributed by atoms with Crippen LogP contribution in [0.5, 0.6) is 11.6 Å². The number of ether oxygens (including phenoxy) is 2. The quantitative estimate of drug-likeness (QED) is 0.844. The molecule has 6 heteroatoms. The number of carbonyl (C=O) groups excluding carboxylic acids is 1. The lowest BCUT2D eigenvalue weighted by molar-refractivity contribution is -0.126. The highest BCUT2D eigenvalue weighted by atomic mass is 16.5. The van der Waals surface area contributed by atoms with Gasteiger partial charge in [-0.1, -0.05) is 19.1 Å². The average molecular weight is 341 g/mol. The molecule has 1 aromatic carbocycles. The summed E-state index contributed by atoms with van der Waals surface area (Å²) < 4.78 is 11.3. The third-order valence-corrected chi connectivity index (χ3v) is 4.20. The van der Waals surface area contributed by atoms with Gasteiger partial charge in [-0.15, -0.1) is 0 Å². The van der Waals surface area contributed by atoms with Crippen LogP contribution in [0.4, 0.5) is 5.69 Å². The lowest BCUT2D eigenvalue weighted by atomic mass is 10.2. The van der Waals surface area contributed by atoms with Crippen molar-refractivity contribution in [2.75, 3.05) is 11.9 Å². The van der Waals surface area contributed by atoms with Crippen molar-refractivity contribution in [3.63, 3.8) is 0 Å². The standard InChI is InChI=1S/C19H23N3O3/c1-2-13-4-3-5-15(10-13)25-18-9-6-14(12-21-18)22-19(23)17-8-7-16(11-20)24-17/h3-6,9-10,12,16-17H,2,7-8,11,20H2,1H3,(H,22,23)/t16-,17+/m1/s1. The van der Waals surface area contributed by atoms with Crippen molar-refractivity contribution in [2.45, 2.75) is 38.4 Å². The fourth-order valence-corrected chi connectivity index (χ4v) is 2.76. The Morgan fingerprint density at radius 3 is 2.92 bits per heavy atom. The number of nitrogens with one attached hydrogen (secondary N) is 1. The Hall–Kier alpha value is -2.44. The van der Waals surface area contributed by atoms with E-state index >= 15 is 0 Å². The molecule has 25 heavy (non-hydrogen) atoms. The number of carbonyl (C=O) groups is 1. The van der Waals surface area contributed by atoms with Gasteiger partial charge in [-0.25, -0.2) is 4.98 Å². The van der Waals surface area contributed by atoms with Gasteiger partial charge in [0.25, 0.3) is 5.91 Å². The van der Waals surface area contributed by atoms with Crippen molar-refractivity contribution >= 4 is 11.6 Å². The summed E-state index contributed by atoms with van der Waals surface area (Å²) in [5.74, 6) is 1.06. The molecule has 1 saturated heterocycles. The maximum atomic E-state index is 12.2. The Labute approximate surface area is 147 Å². The molecule has 1 aromatic heterocycles. The number of benzene rings is 1. The van der Waals surface area contributed by atoms with E-state index in [2.05, 4.69) is 23.3 Å². The smallest absolute Gasteiger partial charge is 0.253 e. The van der Waals surface area contributed by atoms with Gasteiger partial charge in [-0.3, -0.25) is 4.79 Å². The minimum absolute atomic E-state index is 0.0245. The van der Waals surface area contributed by atoms with E-state index in [1.54, 1.807) is 18.3 Å². The fourth-order valence-electron chi connectivity index (χ4n) is 2.76. The first kappa shape index (κ1) is 17.4. The van der Waals surface area contributed by atoms with Crippen LogP contribution in [0.3, 0.4) is 0 Å². The molecule has 132 valence electrons. The number of anilines is 1. The minimum atomic E-state index is -0.443. The maximum Gasteiger partial charge on any atom is 0.253 e. The fraction of sp³-hybridized carbons (Fsp3) is 0.368. The van der Waals surface area contributed by atoms with E-state index in [4.69, 9.17) is 15.2 Å². The molecule has 3 rings (SSSR count). The van der Waals surface area contributed by atoms with Crippen molar-refractivity contribution in [3.05, 3.63) is 48.2 Å². The Morgan fingerprint density at radius 1 is 1.36 bits per heavy atom. The Morgan fingerprint density at radius 2 is 2.24 bits per heavy atom. The summed E-state index contributed by atoms with van der Waals surface area (Å²) in [4.78, 5) is 16.4. The first-order valence-electron chi connectivity index (χ1n) is 8.57. The molecule has 3 N–H and O–H groups in total. The Balaban J connectivity index is 1.57. The molecule has 1 fully saturated rings. The van der Waals surface area contributed by atoms with E-state index in [1.807, 2.05) is 18.2 Å². The van der Waals surface area contributed by atoms with Gasteiger partial charge in [0, 0.05) is 12.6 Å². The van der Waals surface area contributed by atoms with Crippen molar-refractivity contribution in [2.24, 2.45) is 5.73 Å². The monoisotopic (exact) mass is 341 g/mol. The number of pyridine rings is 1. The van der Waals surface area contributed by atoms with E-state index < -0.39 is 6.10 Å². The van der Waals surface area contributed by atoms with Gasteiger partial charge in [0.2, 0.25) is 5.88 Å². The number of hydrogen-bond acceptors (Lipinski definition) is 5. The van der Waals surface area contributed by atoms with E-state index in [0.717, 1.165) is 18.6 Å². The van der Waals surface area contributed by atoms with E-state index in [0.29, 0.717) is 24.5 Å². The second kappa shape index (κ2) is 8.09. The highest BCUT2D eigenvalue weighted by Gasteiger charge is 2.29. The second-order valence-electron chi connectivity index (χ2n) is 6.04. The van der Waals surface area contributed by atoms with Crippen molar-refractivity contribution in [1.82, 2.24) is 4.98 Å². The third-order valence-electron chi connectivity index (χ3n) is 4.20. The molecule has 1 aliphatic heterocycles. The van der Waals surface area contributed by atoms with Crippen LogP contribution in [0.25, 0.3) is 0 Å². The van der Waals surface area contributed by atoms with Gasteiger partial charge in [-0.2, -0.15) is 0 Å². The van der Waals surface area contributed by atoms with Crippen LogP contribution in [0.1, 0.15) is 25.3 Å². The van der Waals surface area contributed by atoms with Crippen LogP contribution in [0.2, 0.25) is 0 Å². The Kier molecular flexibility index (Phi) is 5.63. The summed E-state index contributed by atoms with van der Waals surface area (Å²) in [7, 11) is 0. The molecule has 6 nitrogen and oxygen atoms in total. The van der Waals surface area contributed by atoms with Gasteiger partial charge in [0.05, 0.1) is 18.0 Å². The predicted octanol–water partition coefficient (Wildman–Crippen LogP) is 2.88. The van der Waals surface area contributed by atoms with Crippen molar-refractivity contribution in [3.8, 4) is 11.6 Å². The molecular formula is C19H23N3O3. The molecule has 0 saturated carbocycles. The molecule has 0 unspecified atom stereocenters. The zero-order valence-corrected chi connectivity index (χ0v) is 14.3. The zero-order valence-electron chi connectivity index (χ0n) is 14.3. The molecule has 2 aromatic rings. The summed E-state index contributed by atoms with van der Waals surface area (Å²) in [5.41, 5.74) is 7.38. The van der Waals surface area contributed by atoms with Crippen LogP contribution in [-0.2, 0) is 16.0 Å². The first-order chi connectivity index (χ1) is 12.2. The molecule has 1 aliphatic rings. The number of aromatic nitrogens is 1. The maximum absolute atomic E-state index is 12.2. The van der Waals surface area contributed by atoms with Crippen LogP contribution in [-0.4, -0.2) is 29.6 Å². The zero-order chi connectivity index (χ0) is 17.6. The lowest BCUT2D eigenvalue weighted by Crippen LogP contribution is -2.29. The summed E-state index contributed by atoms with van der Waals surface area (Å²) in [6.45, 7) is 2.54. The number of rotatable bonds is 6. The molecule has 0 aliphatic carbocycles. The molecule has 1 amide bonds.